The minimum atomic E-state index is -0.111. The number of rotatable bonds is 10. The number of pyridine rings is 1. The second kappa shape index (κ2) is 11.5. The molecule has 1 aliphatic heterocycles. The maximum Gasteiger partial charge on any atom is 0.272 e. The molecule has 1 N–H and O–H groups in total. The van der Waals surface area contributed by atoms with Gasteiger partial charge in [-0.05, 0) is 55.0 Å². The van der Waals surface area contributed by atoms with Crippen molar-refractivity contribution in [3.63, 3.8) is 0 Å². The van der Waals surface area contributed by atoms with Gasteiger partial charge < -0.3 is 10.1 Å². The standard InChI is InChI=1S/C28H37N5O2/c1-20(2)18-33-26-13-15-32(21(3)7-8-22-9-11-24(35-4)12-10-22)19-25(26)27(31-33)28(34)30-17-23-6-5-14-29-16-23/h5-6,9-12,14,16,20-21H,7-8,13,15,17-19H2,1-4H3,(H,30,34). The fourth-order valence-corrected chi connectivity index (χ4v) is 4.69. The van der Waals surface area contributed by atoms with Crippen molar-refractivity contribution < 1.29 is 9.53 Å². The van der Waals surface area contributed by atoms with Crippen LogP contribution < -0.4 is 10.1 Å². The lowest BCUT2D eigenvalue weighted by Crippen LogP contribution is -2.39. The molecule has 0 saturated carbocycles. The maximum absolute atomic E-state index is 13.2. The van der Waals surface area contributed by atoms with E-state index in [1.54, 1.807) is 19.5 Å². The number of aromatic nitrogens is 3. The number of carbonyl (C=O) groups is 1. The summed E-state index contributed by atoms with van der Waals surface area (Å²) < 4.78 is 7.34. The Labute approximate surface area is 208 Å². The number of benzene rings is 1. The van der Waals surface area contributed by atoms with Crippen LogP contribution in [0.2, 0.25) is 0 Å². The highest BCUT2D eigenvalue weighted by Gasteiger charge is 2.30. The van der Waals surface area contributed by atoms with E-state index in [-0.39, 0.29) is 5.91 Å². The van der Waals surface area contributed by atoms with Crippen LogP contribution in [0.5, 0.6) is 5.75 Å². The molecular weight excluding hydrogens is 438 g/mol. The average Bonchev–Trinajstić information content (AvgIpc) is 3.23. The van der Waals surface area contributed by atoms with Crippen molar-refractivity contribution in [1.82, 2.24) is 25.0 Å². The Hall–Kier alpha value is -3.19. The minimum absolute atomic E-state index is 0.111. The molecular formula is C28H37N5O2. The normalized spacial score (nSPS) is 14.5. The summed E-state index contributed by atoms with van der Waals surface area (Å²) in [6.45, 7) is 9.67. The lowest BCUT2D eigenvalue weighted by atomic mass is 9.99. The van der Waals surface area contributed by atoms with Crippen LogP contribution in [0.3, 0.4) is 0 Å². The number of fused-ring (bicyclic) bond motifs is 1. The third-order valence-corrected chi connectivity index (χ3v) is 6.73. The molecule has 7 nitrogen and oxygen atoms in total. The van der Waals surface area contributed by atoms with Crippen LogP contribution in [-0.2, 0) is 32.5 Å². The molecule has 186 valence electrons. The Bertz CT molecular complexity index is 1110. The van der Waals surface area contributed by atoms with E-state index in [1.165, 1.54) is 11.3 Å². The third kappa shape index (κ3) is 6.28. The molecule has 2 aromatic heterocycles. The van der Waals surface area contributed by atoms with Crippen LogP contribution >= 0.6 is 0 Å². The van der Waals surface area contributed by atoms with Crippen LogP contribution in [0.4, 0.5) is 0 Å². The van der Waals surface area contributed by atoms with E-state index >= 15 is 0 Å². The zero-order valence-corrected chi connectivity index (χ0v) is 21.3. The second-order valence-electron chi connectivity index (χ2n) is 9.85. The Balaban J connectivity index is 1.45. The molecule has 4 rings (SSSR count). The summed E-state index contributed by atoms with van der Waals surface area (Å²) in [7, 11) is 1.69. The number of amides is 1. The highest BCUT2D eigenvalue weighted by Crippen LogP contribution is 2.26. The van der Waals surface area contributed by atoms with E-state index in [9.17, 15) is 4.79 Å². The summed E-state index contributed by atoms with van der Waals surface area (Å²) >= 11 is 0. The Morgan fingerprint density at radius 1 is 1.14 bits per heavy atom. The number of nitrogens with one attached hydrogen (secondary N) is 1. The lowest BCUT2D eigenvalue weighted by molar-refractivity contribution is 0.0941. The number of hydrogen-bond donors (Lipinski definition) is 1. The van der Waals surface area contributed by atoms with Gasteiger partial charge in [0.05, 0.1) is 7.11 Å². The van der Waals surface area contributed by atoms with Gasteiger partial charge in [-0.3, -0.25) is 19.4 Å². The van der Waals surface area contributed by atoms with Crippen molar-refractivity contribution in [2.75, 3.05) is 13.7 Å². The quantitative estimate of drug-likeness (QED) is 0.475. The molecule has 1 atom stereocenters. The molecule has 3 heterocycles. The summed E-state index contributed by atoms with van der Waals surface area (Å²) in [5.74, 6) is 1.24. The molecule has 0 fully saturated rings. The van der Waals surface area contributed by atoms with Crippen molar-refractivity contribution in [2.45, 2.75) is 65.7 Å². The first-order valence-corrected chi connectivity index (χ1v) is 12.6. The predicted molar refractivity (Wildman–Crippen MR) is 137 cm³/mol. The summed E-state index contributed by atoms with van der Waals surface area (Å²) in [6.07, 6.45) is 6.50. The smallest absolute Gasteiger partial charge is 0.272 e. The SMILES string of the molecule is COc1ccc(CCC(C)N2CCc3c(c(C(=O)NCc4cccnc4)nn3CC(C)C)C2)cc1. The predicted octanol–water partition coefficient (Wildman–Crippen LogP) is 4.25. The molecule has 0 radical (unpaired) electrons. The van der Waals surface area contributed by atoms with Crippen LogP contribution in [0.25, 0.3) is 0 Å². The summed E-state index contributed by atoms with van der Waals surface area (Å²) in [5.41, 5.74) is 5.15. The van der Waals surface area contributed by atoms with E-state index in [1.807, 2.05) is 24.3 Å². The Kier molecular flexibility index (Phi) is 8.18. The third-order valence-electron chi connectivity index (χ3n) is 6.73. The molecule has 0 bridgehead atoms. The van der Waals surface area contributed by atoms with Crippen molar-refractivity contribution >= 4 is 5.91 Å². The van der Waals surface area contributed by atoms with Gasteiger partial charge in [-0.25, -0.2) is 0 Å². The fraction of sp³-hybridized carbons (Fsp3) is 0.464. The first-order chi connectivity index (χ1) is 16.9. The fourth-order valence-electron chi connectivity index (χ4n) is 4.69. The monoisotopic (exact) mass is 475 g/mol. The van der Waals surface area contributed by atoms with Crippen molar-refractivity contribution in [2.24, 2.45) is 5.92 Å². The zero-order chi connectivity index (χ0) is 24.8. The number of aryl methyl sites for hydroxylation is 1. The van der Waals surface area contributed by atoms with Gasteiger partial charge in [0.2, 0.25) is 0 Å². The largest absolute Gasteiger partial charge is 0.497 e. The van der Waals surface area contributed by atoms with Gasteiger partial charge in [0, 0.05) is 62.3 Å². The molecule has 0 spiro atoms. The van der Waals surface area contributed by atoms with E-state index in [4.69, 9.17) is 9.84 Å². The molecule has 3 aromatic rings. The molecule has 1 unspecified atom stereocenters. The summed E-state index contributed by atoms with van der Waals surface area (Å²) in [4.78, 5) is 19.8. The lowest BCUT2D eigenvalue weighted by Gasteiger charge is -2.33. The molecule has 35 heavy (non-hydrogen) atoms. The molecule has 7 heteroatoms. The van der Waals surface area contributed by atoms with Gasteiger partial charge in [0.15, 0.2) is 5.69 Å². The molecule has 1 amide bonds. The highest BCUT2D eigenvalue weighted by molar-refractivity contribution is 5.94. The van der Waals surface area contributed by atoms with Gasteiger partial charge in [-0.15, -0.1) is 0 Å². The van der Waals surface area contributed by atoms with Crippen LogP contribution in [-0.4, -0.2) is 45.3 Å². The van der Waals surface area contributed by atoms with Crippen LogP contribution in [0, 0.1) is 5.92 Å². The topological polar surface area (TPSA) is 72.3 Å². The number of methoxy groups -OCH3 is 1. The number of ether oxygens (including phenoxy) is 1. The molecule has 1 aliphatic rings. The maximum atomic E-state index is 13.2. The van der Waals surface area contributed by atoms with Crippen molar-refractivity contribution in [3.05, 3.63) is 76.9 Å². The van der Waals surface area contributed by atoms with E-state index in [0.717, 1.165) is 55.8 Å². The number of nitrogens with zero attached hydrogens (tertiary/aromatic N) is 4. The van der Waals surface area contributed by atoms with E-state index in [2.05, 4.69) is 52.8 Å². The van der Waals surface area contributed by atoms with Gasteiger partial charge >= 0.3 is 0 Å². The number of carbonyl (C=O) groups excluding carboxylic acids is 1. The minimum Gasteiger partial charge on any atom is -0.497 e. The van der Waals surface area contributed by atoms with Crippen LogP contribution in [0.15, 0.2) is 48.8 Å². The highest BCUT2D eigenvalue weighted by atomic mass is 16.5. The summed E-state index contributed by atoms with van der Waals surface area (Å²) in [5, 5.41) is 7.85. The van der Waals surface area contributed by atoms with Crippen molar-refractivity contribution in [1.29, 1.82) is 0 Å². The molecule has 0 saturated heterocycles. The average molecular weight is 476 g/mol. The van der Waals surface area contributed by atoms with Gasteiger partial charge in [-0.2, -0.15) is 5.10 Å². The van der Waals surface area contributed by atoms with Crippen molar-refractivity contribution in [3.8, 4) is 5.75 Å². The van der Waals surface area contributed by atoms with E-state index < -0.39 is 0 Å². The first kappa shape index (κ1) is 24.9. The van der Waals surface area contributed by atoms with Crippen LogP contribution in [0.1, 0.15) is 60.1 Å². The zero-order valence-electron chi connectivity index (χ0n) is 21.3. The molecule has 0 aliphatic carbocycles. The van der Waals surface area contributed by atoms with E-state index in [0.29, 0.717) is 24.2 Å². The Morgan fingerprint density at radius 3 is 2.63 bits per heavy atom. The van der Waals surface area contributed by atoms with Gasteiger partial charge in [0.25, 0.3) is 5.91 Å². The number of hydrogen-bond acceptors (Lipinski definition) is 5. The Morgan fingerprint density at radius 2 is 1.94 bits per heavy atom. The van der Waals surface area contributed by atoms with Gasteiger partial charge in [0.1, 0.15) is 5.75 Å². The molecule has 1 aromatic carbocycles. The summed E-state index contributed by atoms with van der Waals surface area (Å²) in [6, 6.07) is 12.6. The second-order valence-corrected chi connectivity index (χ2v) is 9.85. The van der Waals surface area contributed by atoms with Gasteiger partial charge in [-0.1, -0.05) is 32.0 Å². The first-order valence-electron chi connectivity index (χ1n) is 12.6.